The van der Waals surface area contributed by atoms with Crippen LogP contribution in [-0.4, -0.2) is 24.9 Å². The summed E-state index contributed by atoms with van der Waals surface area (Å²) in [4.78, 5) is 7.34. The Hall–Kier alpha value is -3.27. The van der Waals surface area contributed by atoms with E-state index in [0.717, 1.165) is 29.4 Å². The molecular formula is C30H36N2O2. The van der Waals surface area contributed by atoms with Crippen molar-refractivity contribution >= 4 is 17.6 Å². The maximum atomic E-state index is 5.92. The summed E-state index contributed by atoms with van der Waals surface area (Å²) in [7, 11) is 1.66. The van der Waals surface area contributed by atoms with Crippen molar-refractivity contribution in [2.75, 3.05) is 12.0 Å². The molecule has 0 saturated heterocycles. The Bertz CT molecular complexity index is 1160. The second-order valence-corrected chi connectivity index (χ2v) is 10.2. The monoisotopic (exact) mass is 456 g/mol. The van der Waals surface area contributed by atoms with E-state index >= 15 is 0 Å². The molecule has 0 bridgehead atoms. The molecule has 4 rings (SSSR count). The maximum Gasteiger partial charge on any atom is 0.127 e. The zero-order chi connectivity index (χ0) is 24.5. The smallest absolute Gasteiger partial charge is 0.127 e. The number of aliphatic imine (C=N–C) groups is 1. The highest BCUT2D eigenvalue weighted by molar-refractivity contribution is 5.86. The van der Waals surface area contributed by atoms with Crippen LogP contribution in [-0.2, 0) is 0 Å². The highest BCUT2D eigenvalue weighted by atomic mass is 16.5. The van der Waals surface area contributed by atoms with Gasteiger partial charge in [0, 0.05) is 23.5 Å². The minimum absolute atomic E-state index is 0.151. The number of rotatable bonds is 6. The molecule has 3 aromatic rings. The number of ether oxygens (including phenoxy) is 2. The van der Waals surface area contributed by atoms with Crippen LogP contribution in [0.25, 0.3) is 0 Å². The van der Waals surface area contributed by atoms with Crippen molar-refractivity contribution in [3.05, 3.63) is 77.4 Å². The first-order valence-electron chi connectivity index (χ1n) is 12.1. The van der Waals surface area contributed by atoms with Gasteiger partial charge in [0.15, 0.2) is 0 Å². The fraction of sp³-hybridized carbons (Fsp3) is 0.367. The Morgan fingerprint density at radius 1 is 0.971 bits per heavy atom. The van der Waals surface area contributed by atoms with Crippen LogP contribution in [0.15, 0.2) is 65.7 Å². The quantitative estimate of drug-likeness (QED) is 0.352. The van der Waals surface area contributed by atoms with Crippen molar-refractivity contribution in [3.63, 3.8) is 0 Å². The summed E-state index contributed by atoms with van der Waals surface area (Å²) in [5, 5.41) is 0. The lowest BCUT2D eigenvalue weighted by Crippen LogP contribution is -2.51. The molecule has 0 spiro atoms. The van der Waals surface area contributed by atoms with Crippen molar-refractivity contribution < 1.29 is 9.47 Å². The Balaban J connectivity index is 1.53. The van der Waals surface area contributed by atoms with Gasteiger partial charge in [-0.05, 0) is 124 Å². The molecule has 0 saturated carbocycles. The fourth-order valence-electron chi connectivity index (χ4n) is 5.25. The molecule has 0 aromatic heterocycles. The van der Waals surface area contributed by atoms with Gasteiger partial charge in [0.2, 0.25) is 0 Å². The van der Waals surface area contributed by atoms with Crippen LogP contribution in [0.1, 0.15) is 63.6 Å². The van der Waals surface area contributed by atoms with Crippen molar-refractivity contribution in [2.24, 2.45) is 4.99 Å². The summed E-state index contributed by atoms with van der Waals surface area (Å²) in [6, 6.07) is 20.6. The van der Waals surface area contributed by atoms with E-state index in [0.29, 0.717) is 12.0 Å². The van der Waals surface area contributed by atoms with Gasteiger partial charge in [-0.3, -0.25) is 4.99 Å². The molecule has 0 amide bonds. The van der Waals surface area contributed by atoms with Gasteiger partial charge < -0.3 is 14.4 Å². The summed E-state index contributed by atoms with van der Waals surface area (Å²) in [6.07, 6.45) is 3.13. The Morgan fingerprint density at radius 2 is 1.56 bits per heavy atom. The summed E-state index contributed by atoms with van der Waals surface area (Å²) < 4.78 is 11.1. The van der Waals surface area contributed by atoms with Crippen molar-refractivity contribution in [3.8, 4) is 17.2 Å². The first-order chi connectivity index (χ1) is 16.2. The zero-order valence-electron chi connectivity index (χ0n) is 21.4. The van der Waals surface area contributed by atoms with E-state index in [2.05, 4.69) is 58.6 Å². The zero-order valence-corrected chi connectivity index (χ0v) is 21.4. The van der Waals surface area contributed by atoms with E-state index in [4.69, 9.17) is 14.5 Å². The predicted molar refractivity (Wildman–Crippen MR) is 143 cm³/mol. The fourth-order valence-corrected chi connectivity index (χ4v) is 5.25. The molecule has 0 radical (unpaired) electrons. The van der Waals surface area contributed by atoms with Crippen LogP contribution in [0.4, 0.5) is 11.4 Å². The lowest BCUT2D eigenvalue weighted by atomic mass is 9.78. The number of hydrogen-bond acceptors (Lipinski definition) is 4. The van der Waals surface area contributed by atoms with Gasteiger partial charge >= 0.3 is 0 Å². The lowest BCUT2D eigenvalue weighted by Gasteiger charge is -2.50. The van der Waals surface area contributed by atoms with Gasteiger partial charge in [-0.2, -0.15) is 0 Å². The first-order valence-corrected chi connectivity index (χ1v) is 12.1. The molecule has 0 N–H and O–H groups in total. The van der Waals surface area contributed by atoms with E-state index in [1.807, 2.05) is 54.7 Å². The van der Waals surface area contributed by atoms with Crippen molar-refractivity contribution in [2.45, 2.75) is 65.5 Å². The van der Waals surface area contributed by atoms with Gasteiger partial charge in [-0.15, -0.1) is 0 Å². The van der Waals surface area contributed by atoms with E-state index in [9.17, 15) is 0 Å². The Labute approximate surface area is 204 Å². The normalized spacial score (nSPS) is 17.2. The van der Waals surface area contributed by atoms with Crippen molar-refractivity contribution in [1.29, 1.82) is 0 Å². The van der Waals surface area contributed by atoms with E-state index in [-0.39, 0.29) is 5.54 Å². The molecule has 34 heavy (non-hydrogen) atoms. The summed E-state index contributed by atoms with van der Waals surface area (Å²) in [5.74, 6) is 2.88. The average molecular weight is 457 g/mol. The van der Waals surface area contributed by atoms with E-state index in [1.165, 1.54) is 22.4 Å². The van der Waals surface area contributed by atoms with Crippen molar-refractivity contribution in [1.82, 2.24) is 0 Å². The second-order valence-electron chi connectivity index (χ2n) is 10.2. The molecule has 4 nitrogen and oxygen atoms in total. The molecule has 178 valence electrons. The van der Waals surface area contributed by atoms with Gasteiger partial charge in [0.25, 0.3) is 0 Å². The molecular weight excluding hydrogens is 420 g/mol. The van der Waals surface area contributed by atoms with Gasteiger partial charge in [0.1, 0.15) is 17.2 Å². The summed E-state index contributed by atoms with van der Waals surface area (Å²) >= 11 is 0. The highest BCUT2D eigenvalue weighted by Gasteiger charge is 2.37. The van der Waals surface area contributed by atoms with Gasteiger partial charge in [-0.1, -0.05) is 6.92 Å². The number of nitrogens with zero attached hydrogens (tertiary/aromatic N) is 2. The maximum absolute atomic E-state index is 5.92. The molecule has 1 heterocycles. The van der Waals surface area contributed by atoms with E-state index < -0.39 is 0 Å². The number of aryl methyl sites for hydroxylation is 1. The van der Waals surface area contributed by atoms with Crippen LogP contribution in [0, 0.1) is 6.92 Å². The number of benzene rings is 3. The van der Waals surface area contributed by atoms with Crippen LogP contribution < -0.4 is 14.4 Å². The third-order valence-electron chi connectivity index (χ3n) is 6.66. The Kier molecular flexibility index (Phi) is 6.70. The molecule has 1 aliphatic rings. The number of methoxy groups -OCH3 is 1. The molecule has 4 heteroatoms. The van der Waals surface area contributed by atoms with Crippen LogP contribution in [0.5, 0.6) is 17.2 Å². The lowest BCUT2D eigenvalue weighted by molar-refractivity contribution is 0.356. The van der Waals surface area contributed by atoms with Gasteiger partial charge in [0.05, 0.1) is 12.8 Å². The predicted octanol–water partition coefficient (Wildman–Crippen LogP) is 8.05. The summed E-state index contributed by atoms with van der Waals surface area (Å²) in [5.41, 5.74) is 6.26. The third-order valence-corrected chi connectivity index (χ3v) is 6.66. The summed E-state index contributed by atoms with van der Waals surface area (Å²) in [6.45, 7) is 13.8. The van der Waals surface area contributed by atoms with Crippen LogP contribution in [0.3, 0.4) is 0 Å². The molecule has 0 unspecified atom stereocenters. The molecule has 0 fully saturated rings. The van der Waals surface area contributed by atoms with Gasteiger partial charge in [-0.25, -0.2) is 0 Å². The minimum Gasteiger partial charge on any atom is -0.497 e. The molecule has 3 aromatic carbocycles. The van der Waals surface area contributed by atoms with Crippen LogP contribution in [0.2, 0.25) is 0 Å². The molecule has 1 aliphatic heterocycles. The molecule has 1 atom stereocenters. The SMILES string of the molecule is COc1ccc(Oc2ccc(N=Cc3cc4c(cc3C)N(C(C)C)C(C)(C)C[C@H]4C)cc2)cc1. The minimum atomic E-state index is 0.151. The second kappa shape index (κ2) is 9.54. The first kappa shape index (κ1) is 23.9. The standard InChI is InChI=1S/C30H36N2O2/c1-20(2)32-29-16-21(3)23(17-28(29)22(4)18-30(32,5)6)19-31-24-8-10-26(11-9-24)34-27-14-12-25(33-7)13-15-27/h8-17,19-20,22H,18H2,1-7H3/t22-/m1/s1. The van der Waals surface area contributed by atoms with Crippen LogP contribution >= 0.6 is 0 Å². The number of anilines is 1. The number of hydrogen-bond donors (Lipinski definition) is 0. The largest absolute Gasteiger partial charge is 0.497 e. The topological polar surface area (TPSA) is 34.1 Å². The average Bonchev–Trinajstić information content (AvgIpc) is 2.78. The highest BCUT2D eigenvalue weighted by Crippen LogP contribution is 2.45. The number of fused-ring (bicyclic) bond motifs is 1. The third kappa shape index (κ3) is 4.96. The van der Waals surface area contributed by atoms with E-state index in [1.54, 1.807) is 7.11 Å². The Morgan fingerprint density at radius 3 is 2.15 bits per heavy atom. The molecule has 0 aliphatic carbocycles.